The first-order chi connectivity index (χ1) is 9.52. The summed E-state index contributed by atoms with van der Waals surface area (Å²) in [5, 5.41) is 2.48. The maximum atomic E-state index is 11.7. The topological polar surface area (TPSA) is 72.5 Å². The third-order valence-electron chi connectivity index (χ3n) is 2.63. The normalized spacial score (nSPS) is 11.9. The van der Waals surface area contributed by atoms with Gasteiger partial charge < -0.3 is 10.1 Å². The summed E-state index contributed by atoms with van der Waals surface area (Å²) >= 11 is 0. The Kier molecular flexibility index (Phi) is 6.16. The quantitative estimate of drug-likeness (QED) is 0.628. The molecule has 0 saturated heterocycles. The van der Waals surface area contributed by atoms with Gasteiger partial charge in [0.05, 0.1) is 19.6 Å². The maximum Gasteiger partial charge on any atom is 0.308 e. The molecule has 0 heterocycles. The number of rotatable bonds is 6. The number of esters is 1. The lowest BCUT2D eigenvalue weighted by atomic mass is 10.1. The highest BCUT2D eigenvalue weighted by atomic mass is 16.5. The van der Waals surface area contributed by atoms with Crippen molar-refractivity contribution in [2.24, 2.45) is 0 Å². The number of carbonyl (C=O) groups excluding carboxylic acids is 3. The van der Waals surface area contributed by atoms with E-state index in [9.17, 15) is 14.4 Å². The van der Waals surface area contributed by atoms with Gasteiger partial charge in [0.25, 0.3) is 0 Å². The van der Waals surface area contributed by atoms with Crippen molar-refractivity contribution in [1.82, 2.24) is 5.32 Å². The molecule has 0 aromatic heterocycles. The van der Waals surface area contributed by atoms with Gasteiger partial charge in [0.2, 0.25) is 5.91 Å². The third kappa shape index (κ3) is 5.48. The van der Waals surface area contributed by atoms with Crippen molar-refractivity contribution >= 4 is 23.7 Å². The molecular formula is C15H17NO4. The Bertz CT molecular complexity index is 508. The molecule has 0 aliphatic carbocycles. The lowest BCUT2D eigenvalue weighted by molar-refractivity contribution is -0.142. The van der Waals surface area contributed by atoms with Crippen molar-refractivity contribution in [1.29, 1.82) is 0 Å². The number of amides is 1. The largest absolute Gasteiger partial charge is 0.469 e. The van der Waals surface area contributed by atoms with Crippen LogP contribution in [0.3, 0.4) is 0 Å². The second-order valence-corrected chi connectivity index (χ2v) is 4.20. The standard InChI is InChI=1S/C15H17NO4/c1-11(17)13(10-15(19)20-2)16-14(18)9-8-12-6-4-3-5-7-12/h3-9,13H,10H2,1-2H3,(H,16,18)/b9-8+. The molecule has 1 amide bonds. The van der Waals surface area contributed by atoms with Crippen molar-refractivity contribution in [2.75, 3.05) is 7.11 Å². The molecule has 106 valence electrons. The monoisotopic (exact) mass is 275 g/mol. The number of Topliss-reactive ketones (excluding diaryl/α,β-unsaturated/α-hetero) is 1. The summed E-state index contributed by atoms with van der Waals surface area (Å²) in [6.07, 6.45) is 2.78. The Morgan fingerprint density at radius 2 is 1.90 bits per heavy atom. The highest BCUT2D eigenvalue weighted by Gasteiger charge is 2.19. The molecule has 1 rings (SSSR count). The van der Waals surface area contributed by atoms with Gasteiger partial charge in [-0.25, -0.2) is 0 Å². The summed E-state index contributed by atoms with van der Waals surface area (Å²) in [4.78, 5) is 34.2. The van der Waals surface area contributed by atoms with Crippen molar-refractivity contribution < 1.29 is 19.1 Å². The van der Waals surface area contributed by atoms with Crippen LogP contribution in [0.2, 0.25) is 0 Å². The van der Waals surface area contributed by atoms with Crippen molar-refractivity contribution in [3.05, 3.63) is 42.0 Å². The minimum Gasteiger partial charge on any atom is -0.469 e. The molecule has 0 radical (unpaired) electrons. The number of nitrogens with one attached hydrogen (secondary N) is 1. The zero-order valence-electron chi connectivity index (χ0n) is 11.5. The van der Waals surface area contributed by atoms with Gasteiger partial charge in [-0.2, -0.15) is 0 Å². The van der Waals surface area contributed by atoms with Crippen LogP contribution in [0.15, 0.2) is 36.4 Å². The fraction of sp³-hybridized carbons (Fsp3) is 0.267. The molecule has 1 atom stereocenters. The van der Waals surface area contributed by atoms with Gasteiger partial charge in [-0.3, -0.25) is 14.4 Å². The highest BCUT2D eigenvalue weighted by molar-refractivity contribution is 5.96. The maximum absolute atomic E-state index is 11.7. The van der Waals surface area contributed by atoms with Crippen LogP contribution in [0.5, 0.6) is 0 Å². The first-order valence-electron chi connectivity index (χ1n) is 6.14. The Hall–Kier alpha value is -2.43. The van der Waals surface area contributed by atoms with Crippen LogP contribution < -0.4 is 5.32 Å². The van der Waals surface area contributed by atoms with E-state index in [0.29, 0.717) is 0 Å². The number of ketones is 1. The van der Waals surface area contributed by atoms with Crippen molar-refractivity contribution in [3.63, 3.8) is 0 Å². The second kappa shape index (κ2) is 7.89. The van der Waals surface area contributed by atoms with Crippen LogP contribution in [0, 0.1) is 0 Å². The van der Waals surface area contributed by atoms with Gasteiger partial charge in [0, 0.05) is 6.08 Å². The molecule has 0 aliphatic rings. The zero-order valence-corrected chi connectivity index (χ0v) is 11.5. The molecular weight excluding hydrogens is 258 g/mol. The molecule has 0 saturated carbocycles. The summed E-state index contributed by atoms with van der Waals surface area (Å²) in [7, 11) is 1.23. The molecule has 1 unspecified atom stereocenters. The molecule has 0 aliphatic heterocycles. The van der Waals surface area contributed by atoms with Crippen LogP contribution >= 0.6 is 0 Å². The van der Waals surface area contributed by atoms with E-state index in [4.69, 9.17) is 0 Å². The van der Waals surface area contributed by atoms with Crippen LogP contribution in [-0.4, -0.2) is 30.8 Å². The molecule has 0 bridgehead atoms. The number of hydrogen-bond donors (Lipinski definition) is 1. The number of carbonyl (C=O) groups is 3. The Morgan fingerprint density at radius 3 is 2.45 bits per heavy atom. The van der Waals surface area contributed by atoms with Gasteiger partial charge in [0.1, 0.15) is 0 Å². The smallest absolute Gasteiger partial charge is 0.308 e. The van der Waals surface area contributed by atoms with Crippen molar-refractivity contribution in [3.8, 4) is 0 Å². The Morgan fingerprint density at radius 1 is 1.25 bits per heavy atom. The van der Waals surface area contributed by atoms with Crippen LogP contribution in [0.25, 0.3) is 6.08 Å². The van der Waals surface area contributed by atoms with E-state index < -0.39 is 17.9 Å². The van der Waals surface area contributed by atoms with Gasteiger partial charge >= 0.3 is 5.97 Å². The fourth-order valence-corrected chi connectivity index (χ4v) is 1.50. The minimum atomic E-state index is -0.865. The first-order valence-corrected chi connectivity index (χ1v) is 6.14. The molecule has 1 aromatic rings. The average molecular weight is 275 g/mol. The van der Waals surface area contributed by atoms with E-state index in [1.165, 1.54) is 20.1 Å². The number of benzene rings is 1. The van der Waals surface area contributed by atoms with Gasteiger partial charge in [0.15, 0.2) is 5.78 Å². The summed E-state index contributed by atoms with van der Waals surface area (Å²) in [5.41, 5.74) is 0.870. The minimum absolute atomic E-state index is 0.170. The van der Waals surface area contributed by atoms with Gasteiger partial charge in [-0.05, 0) is 18.6 Å². The van der Waals surface area contributed by atoms with E-state index in [2.05, 4.69) is 10.1 Å². The molecule has 5 heteroatoms. The predicted octanol–water partition coefficient (Wildman–Crippen LogP) is 1.34. The summed E-state index contributed by atoms with van der Waals surface area (Å²) in [6, 6.07) is 8.41. The SMILES string of the molecule is COC(=O)CC(NC(=O)/C=C/c1ccccc1)C(C)=O. The predicted molar refractivity (Wildman–Crippen MR) is 74.7 cm³/mol. The number of ether oxygens (including phenoxy) is 1. The second-order valence-electron chi connectivity index (χ2n) is 4.20. The third-order valence-corrected chi connectivity index (χ3v) is 2.63. The number of hydrogen-bond acceptors (Lipinski definition) is 4. The molecule has 5 nitrogen and oxygen atoms in total. The van der Waals surface area contributed by atoms with Crippen LogP contribution in [0.1, 0.15) is 18.9 Å². The summed E-state index contributed by atoms with van der Waals surface area (Å²) in [5.74, 6) is -1.27. The van der Waals surface area contributed by atoms with E-state index in [-0.39, 0.29) is 12.2 Å². The first kappa shape index (κ1) is 15.6. The van der Waals surface area contributed by atoms with Gasteiger partial charge in [-0.1, -0.05) is 30.3 Å². The molecule has 0 spiro atoms. The highest BCUT2D eigenvalue weighted by Crippen LogP contribution is 2.01. The summed E-state index contributed by atoms with van der Waals surface area (Å²) < 4.78 is 4.48. The van der Waals surface area contributed by atoms with Gasteiger partial charge in [-0.15, -0.1) is 0 Å². The Labute approximate surface area is 117 Å². The van der Waals surface area contributed by atoms with E-state index in [0.717, 1.165) is 5.56 Å². The fourth-order valence-electron chi connectivity index (χ4n) is 1.50. The average Bonchev–Trinajstić information content (AvgIpc) is 2.45. The summed E-state index contributed by atoms with van der Waals surface area (Å²) in [6.45, 7) is 1.31. The van der Waals surface area contributed by atoms with Crippen LogP contribution in [0.4, 0.5) is 0 Å². The Balaban J connectivity index is 2.60. The lowest BCUT2D eigenvalue weighted by Gasteiger charge is -2.13. The van der Waals surface area contributed by atoms with E-state index >= 15 is 0 Å². The molecule has 1 N–H and O–H groups in total. The lowest BCUT2D eigenvalue weighted by Crippen LogP contribution is -2.40. The van der Waals surface area contributed by atoms with E-state index in [1.807, 2.05) is 30.3 Å². The van der Waals surface area contributed by atoms with Crippen molar-refractivity contribution in [2.45, 2.75) is 19.4 Å². The molecule has 1 aromatic carbocycles. The van der Waals surface area contributed by atoms with E-state index in [1.54, 1.807) is 6.08 Å². The molecule has 0 fully saturated rings. The zero-order chi connectivity index (χ0) is 15.0. The number of methoxy groups -OCH3 is 1. The van der Waals surface area contributed by atoms with Crippen LogP contribution in [-0.2, 0) is 19.1 Å². The molecule has 20 heavy (non-hydrogen) atoms.